The number of nitrogens with zero attached hydrogens (tertiary/aromatic N) is 2. The van der Waals surface area contributed by atoms with Gasteiger partial charge >= 0.3 is 0 Å². The van der Waals surface area contributed by atoms with Crippen LogP contribution in [0.25, 0.3) is 10.8 Å². The Morgan fingerprint density at radius 1 is 1.13 bits per heavy atom. The summed E-state index contributed by atoms with van der Waals surface area (Å²) < 4.78 is 1.96. The smallest absolute Gasteiger partial charge is 0.170 e. The van der Waals surface area contributed by atoms with Crippen LogP contribution in [0.15, 0.2) is 54.7 Å². The van der Waals surface area contributed by atoms with Gasteiger partial charge in [0.15, 0.2) is 5.11 Å². The molecule has 2 aromatic carbocycles. The Morgan fingerprint density at radius 3 is 2.78 bits per heavy atom. The lowest BCUT2D eigenvalue weighted by Gasteiger charge is -2.12. The van der Waals surface area contributed by atoms with Crippen molar-refractivity contribution in [2.24, 2.45) is 0 Å². The van der Waals surface area contributed by atoms with Gasteiger partial charge in [-0.15, -0.1) is 0 Å². The fourth-order valence-electron chi connectivity index (χ4n) is 2.53. The molecule has 0 aliphatic carbocycles. The number of hydrogen-bond acceptors (Lipinski definition) is 2. The number of benzene rings is 2. The van der Waals surface area contributed by atoms with Gasteiger partial charge in [0, 0.05) is 30.4 Å². The van der Waals surface area contributed by atoms with E-state index in [1.54, 1.807) is 0 Å². The molecule has 5 heteroatoms. The summed E-state index contributed by atoms with van der Waals surface area (Å²) in [5.74, 6) is 0. The molecule has 3 aromatic rings. The van der Waals surface area contributed by atoms with E-state index in [0.717, 1.165) is 30.9 Å². The summed E-state index contributed by atoms with van der Waals surface area (Å²) in [6.45, 7) is 3.70. The molecule has 0 radical (unpaired) electrons. The van der Waals surface area contributed by atoms with Crippen molar-refractivity contribution >= 4 is 33.8 Å². The third-order valence-electron chi connectivity index (χ3n) is 3.66. The van der Waals surface area contributed by atoms with Crippen molar-refractivity contribution in [1.82, 2.24) is 15.1 Å². The van der Waals surface area contributed by atoms with E-state index in [1.807, 2.05) is 48.1 Å². The molecule has 3 rings (SSSR count). The molecule has 0 spiro atoms. The second kappa shape index (κ2) is 7.24. The van der Waals surface area contributed by atoms with Crippen LogP contribution in [0.5, 0.6) is 0 Å². The number of rotatable bonds is 5. The van der Waals surface area contributed by atoms with Crippen molar-refractivity contribution in [1.29, 1.82) is 0 Å². The van der Waals surface area contributed by atoms with E-state index in [-0.39, 0.29) is 0 Å². The van der Waals surface area contributed by atoms with Crippen LogP contribution in [0.3, 0.4) is 0 Å². The van der Waals surface area contributed by atoms with Gasteiger partial charge in [-0.1, -0.05) is 36.4 Å². The Morgan fingerprint density at radius 2 is 1.96 bits per heavy atom. The molecule has 0 bridgehead atoms. The van der Waals surface area contributed by atoms with Gasteiger partial charge < -0.3 is 10.6 Å². The second-order valence-corrected chi connectivity index (χ2v) is 5.89. The molecule has 0 saturated carbocycles. The Kier molecular flexibility index (Phi) is 4.88. The summed E-state index contributed by atoms with van der Waals surface area (Å²) in [7, 11) is 0. The first kappa shape index (κ1) is 15.5. The highest BCUT2D eigenvalue weighted by Gasteiger charge is 2.02. The average Bonchev–Trinajstić information content (AvgIpc) is 2.97. The molecule has 0 aliphatic heterocycles. The molecule has 0 atom stereocenters. The van der Waals surface area contributed by atoms with Crippen LogP contribution in [0.4, 0.5) is 5.69 Å². The zero-order valence-electron chi connectivity index (χ0n) is 13.1. The van der Waals surface area contributed by atoms with Crippen LogP contribution in [0, 0.1) is 6.92 Å². The fourth-order valence-corrected chi connectivity index (χ4v) is 2.74. The van der Waals surface area contributed by atoms with Crippen molar-refractivity contribution in [2.45, 2.75) is 19.9 Å². The number of aryl methyl sites for hydroxylation is 2. The highest BCUT2D eigenvalue weighted by atomic mass is 32.1. The molecular weight excluding hydrogens is 304 g/mol. The number of fused-ring (bicyclic) bond motifs is 1. The standard InChI is InChI=1S/C18H20N4S/c1-14-10-13-22(21-14)12-5-11-19-18(23)20-17-9-4-7-15-6-2-3-8-16(15)17/h2-4,6-10,13H,5,11-12H2,1H3,(H2,19,20,23). The van der Waals surface area contributed by atoms with Gasteiger partial charge in [0.05, 0.1) is 5.69 Å². The van der Waals surface area contributed by atoms with E-state index in [9.17, 15) is 0 Å². The average molecular weight is 324 g/mol. The van der Waals surface area contributed by atoms with Crippen LogP contribution in [-0.4, -0.2) is 21.4 Å². The first-order valence-corrected chi connectivity index (χ1v) is 8.16. The maximum absolute atomic E-state index is 5.39. The minimum absolute atomic E-state index is 0.651. The van der Waals surface area contributed by atoms with E-state index >= 15 is 0 Å². The summed E-state index contributed by atoms with van der Waals surface area (Å²) in [6.07, 6.45) is 2.97. The molecule has 0 fully saturated rings. The minimum Gasteiger partial charge on any atom is -0.362 e. The molecular formula is C18H20N4S. The number of thiocarbonyl (C=S) groups is 1. The highest BCUT2D eigenvalue weighted by Crippen LogP contribution is 2.22. The van der Waals surface area contributed by atoms with Gasteiger partial charge in [-0.3, -0.25) is 4.68 Å². The van der Waals surface area contributed by atoms with E-state index in [4.69, 9.17) is 12.2 Å². The zero-order chi connectivity index (χ0) is 16.1. The number of nitrogens with one attached hydrogen (secondary N) is 2. The van der Waals surface area contributed by atoms with Crippen LogP contribution in [0.2, 0.25) is 0 Å². The Balaban J connectivity index is 1.51. The third kappa shape index (κ3) is 4.07. The monoisotopic (exact) mass is 324 g/mol. The quantitative estimate of drug-likeness (QED) is 0.554. The van der Waals surface area contributed by atoms with Gasteiger partial charge in [0.25, 0.3) is 0 Å². The number of aromatic nitrogens is 2. The summed E-state index contributed by atoms with van der Waals surface area (Å²) in [4.78, 5) is 0. The molecule has 0 amide bonds. The number of hydrogen-bond donors (Lipinski definition) is 2. The van der Waals surface area contributed by atoms with E-state index in [0.29, 0.717) is 5.11 Å². The summed E-state index contributed by atoms with van der Waals surface area (Å²) in [5, 5.41) is 13.9. The Bertz CT molecular complexity index is 804. The predicted octanol–water partition coefficient (Wildman–Crippen LogP) is 3.72. The van der Waals surface area contributed by atoms with Crippen molar-refractivity contribution in [3.8, 4) is 0 Å². The topological polar surface area (TPSA) is 41.9 Å². The van der Waals surface area contributed by atoms with Crippen molar-refractivity contribution in [3.05, 3.63) is 60.4 Å². The lowest BCUT2D eigenvalue weighted by molar-refractivity contribution is 0.570. The molecule has 118 valence electrons. The van der Waals surface area contributed by atoms with Gasteiger partial charge in [0.2, 0.25) is 0 Å². The lowest BCUT2D eigenvalue weighted by atomic mass is 10.1. The Hall–Kier alpha value is -2.40. The van der Waals surface area contributed by atoms with Gasteiger partial charge in [0.1, 0.15) is 0 Å². The molecule has 1 heterocycles. The molecule has 0 unspecified atom stereocenters. The maximum atomic E-state index is 5.39. The summed E-state index contributed by atoms with van der Waals surface area (Å²) >= 11 is 5.39. The van der Waals surface area contributed by atoms with Crippen molar-refractivity contribution in [2.75, 3.05) is 11.9 Å². The summed E-state index contributed by atoms with van der Waals surface area (Å²) in [6, 6.07) is 16.5. The van der Waals surface area contributed by atoms with Gasteiger partial charge in [-0.05, 0) is 43.1 Å². The SMILES string of the molecule is Cc1ccn(CCCNC(=S)Nc2cccc3ccccc23)n1. The molecule has 23 heavy (non-hydrogen) atoms. The van der Waals surface area contributed by atoms with Crippen LogP contribution in [0.1, 0.15) is 12.1 Å². The highest BCUT2D eigenvalue weighted by molar-refractivity contribution is 7.80. The fraction of sp³-hybridized carbons (Fsp3) is 0.222. The van der Waals surface area contributed by atoms with Crippen LogP contribution < -0.4 is 10.6 Å². The molecule has 2 N–H and O–H groups in total. The molecule has 0 aliphatic rings. The van der Waals surface area contributed by atoms with Gasteiger partial charge in [-0.2, -0.15) is 5.10 Å². The normalized spacial score (nSPS) is 10.7. The van der Waals surface area contributed by atoms with Gasteiger partial charge in [-0.25, -0.2) is 0 Å². The first-order chi connectivity index (χ1) is 11.2. The first-order valence-electron chi connectivity index (χ1n) is 7.75. The Labute approximate surface area is 141 Å². The van der Waals surface area contributed by atoms with E-state index < -0.39 is 0 Å². The maximum Gasteiger partial charge on any atom is 0.170 e. The predicted molar refractivity (Wildman–Crippen MR) is 99.8 cm³/mol. The van der Waals surface area contributed by atoms with Crippen molar-refractivity contribution < 1.29 is 0 Å². The molecule has 0 saturated heterocycles. The largest absolute Gasteiger partial charge is 0.362 e. The van der Waals surface area contributed by atoms with E-state index in [2.05, 4.69) is 33.9 Å². The molecule has 4 nitrogen and oxygen atoms in total. The summed E-state index contributed by atoms with van der Waals surface area (Å²) in [5.41, 5.74) is 2.08. The third-order valence-corrected chi connectivity index (χ3v) is 3.91. The van der Waals surface area contributed by atoms with Crippen LogP contribution >= 0.6 is 12.2 Å². The molecule has 1 aromatic heterocycles. The minimum atomic E-state index is 0.651. The van der Waals surface area contributed by atoms with Crippen molar-refractivity contribution in [3.63, 3.8) is 0 Å². The second-order valence-electron chi connectivity index (χ2n) is 5.48. The lowest BCUT2D eigenvalue weighted by Crippen LogP contribution is -2.29. The van der Waals surface area contributed by atoms with E-state index in [1.165, 1.54) is 10.8 Å². The van der Waals surface area contributed by atoms with Crippen LogP contribution in [-0.2, 0) is 6.54 Å². The number of anilines is 1. The zero-order valence-corrected chi connectivity index (χ0v) is 13.9.